The summed E-state index contributed by atoms with van der Waals surface area (Å²) < 4.78 is 5.43. The van der Waals surface area contributed by atoms with Gasteiger partial charge in [-0.05, 0) is 25.0 Å². The third kappa shape index (κ3) is 3.48. The Labute approximate surface area is 120 Å². The van der Waals surface area contributed by atoms with Crippen LogP contribution in [0.2, 0.25) is 0 Å². The molecular formula is C15H23N3O2. The molecule has 20 heavy (non-hydrogen) atoms. The van der Waals surface area contributed by atoms with Gasteiger partial charge < -0.3 is 15.0 Å². The molecule has 1 aromatic heterocycles. The molecule has 1 N–H and O–H groups in total. The van der Waals surface area contributed by atoms with Crippen LogP contribution in [0.1, 0.15) is 37.0 Å². The molecule has 0 aliphatic carbocycles. The summed E-state index contributed by atoms with van der Waals surface area (Å²) in [7, 11) is 0. The number of pyridine rings is 1. The van der Waals surface area contributed by atoms with E-state index in [4.69, 9.17) is 4.74 Å². The second-order valence-electron chi connectivity index (χ2n) is 4.99. The minimum Gasteiger partial charge on any atom is -0.377 e. The molecule has 0 spiro atoms. The first kappa shape index (κ1) is 14.8. The number of rotatable bonds is 5. The van der Waals surface area contributed by atoms with Gasteiger partial charge in [0.05, 0.1) is 24.8 Å². The van der Waals surface area contributed by atoms with Gasteiger partial charge in [0.1, 0.15) is 5.82 Å². The third-order valence-corrected chi connectivity index (χ3v) is 3.53. The Bertz CT molecular complexity index is 433. The Hall–Kier alpha value is -1.62. The van der Waals surface area contributed by atoms with Crippen molar-refractivity contribution in [2.24, 2.45) is 0 Å². The minimum absolute atomic E-state index is 0.0506. The van der Waals surface area contributed by atoms with Crippen molar-refractivity contribution >= 4 is 11.7 Å². The highest BCUT2D eigenvalue weighted by atomic mass is 16.5. The summed E-state index contributed by atoms with van der Waals surface area (Å²) in [5.41, 5.74) is 0.646. The zero-order chi connectivity index (χ0) is 14.4. The molecular weight excluding hydrogens is 254 g/mol. The van der Waals surface area contributed by atoms with Gasteiger partial charge in [-0.25, -0.2) is 4.98 Å². The molecule has 0 saturated carbocycles. The number of morpholine rings is 1. The van der Waals surface area contributed by atoms with Gasteiger partial charge in [-0.3, -0.25) is 4.79 Å². The van der Waals surface area contributed by atoms with Crippen LogP contribution in [0, 0.1) is 0 Å². The average molecular weight is 277 g/mol. The maximum Gasteiger partial charge on any atom is 0.255 e. The predicted octanol–water partition coefficient (Wildman–Crippen LogP) is 2.15. The van der Waals surface area contributed by atoms with Crippen molar-refractivity contribution < 1.29 is 9.53 Å². The molecule has 1 aliphatic rings. The fourth-order valence-corrected chi connectivity index (χ4v) is 2.30. The van der Waals surface area contributed by atoms with E-state index in [-0.39, 0.29) is 11.9 Å². The van der Waals surface area contributed by atoms with Crippen molar-refractivity contribution in [1.82, 2.24) is 9.88 Å². The van der Waals surface area contributed by atoms with Crippen LogP contribution in [-0.4, -0.2) is 48.1 Å². The lowest BCUT2D eigenvalue weighted by atomic mass is 10.1. The van der Waals surface area contributed by atoms with E-state index in [2.05, 4.69) is 24.1 Å². The molecule has 1 saturated heterocycles. The van der Waals surface area contributed by atoms with Crippen LogP contribution in [0.4, 0.5) is 5.82 Å². The Balaban J connectivity index is 2.04. The first-order valence-corrected chi connectivity index (χ1v) is 7.34. The van der Waals surface area contributed by atoms with Crippen molar-refractivity contribution in [1.29, 1.82) is 0 Å². The second kappa shape index (κ2) is 7.24. The molecule has 0 bridgehead atoms. The van der Waals surface area contributed by atoms with E-state index in [0.29, 0.717) is 25.3 Å². The topological polar surface area (TPSA) is 54.5 Å². The van der Waals surface area contributed by atoms with Crippen LogP contribution in [-0.2, 0) is 4.74 Å². The van der Waals surface area contributed by atoms with Crippen LogP contribution in [0.25, 0.3) is 0 Å². The van der Waals surface area contributed by atoms with Gasteiger partial charge in [0.25, 0.3) is 5.91 Å². The zero-order valence-corrected chi connectivity index (χ0v) is 12.3. The van der Waals surface area contributed by atoms with Crippen molar-refractivity contribution in [3.8, 4) is 0 Å². The van der Waals surface area contributed by atoms with Gasteiger partial charge in [-0.1, -0.05) is 13.8 Å². The largest absolute Gasteiger partial charge is 0.377 e. The molecule has 0 radical (unpaired) electrons. The van der Waals surface area contributed by atoms with Crippen molar-refractivity contribution in [3.63, 3.8) is 0 Å². The number of hydrogen-bond donors (Lipinski definition) is 1. The van der Waals surface area contributed by atoms with E-state index < -0.39 is 0 Å². The number of aromatic nitrogens is 1. The molecule has 1 amide bonds. The summed E-state index contributed by atoms with van der Waals surface area (Å²) in [5.74, 6) is 0.868. The molecule has 5 heteroatoms. The summed E-state index contributed by atoms with van der Waals surface area (Å²) in [6, 6.07) is 3.88. The number of amides is 1. The standard InChI is InChI=1S/C15H23N3O2/c1-3-7-16-14-6-5-12(10-17-14)15(19)18-8-9-20-11-13(18)4-2/h5-6,10,13H,3-4,7-9,11H2,1-2H3,(H,16,17). The first-order valence-electron chi connectivity index (χ1n) is 7.34. The van der Waals surface area contributed by atoms with Gasteiger partial charge >= 0.3 is 0 Å². The summed E-state index contributed by atoms with van der Waals surface area (Å²) in [5, 5.41) is 3.20. The summed E-state index contributed by atoms with van der Waals surface area (Å²) in [6.45, 7) is 6.98. The molecule has 1 aliphatic heterocycles. The van der Waals surface area contributed by atoms with E-state index in [1.807, 2.05) is 17.0 Å². The Kier molecular flexibility index (Phi) is 5.35. The number of carbonyl (C=O) groups is 1. The first-order chi connectivity index (χ1) is 9.76. The second-order valence-corrected chi connectivity index (χ2v) is 4.99. The lowest BCUT2D eigenvalue weighted by Crippen LogP contribution is -2.48. The summed E-state index contributed by atoms with van der Waals surface area (Å²) in [6.07, 6.45) is 3.62. The van der Waals surface area contributed by atoms with E-state index in [1.54, 1.807) is 6.20 Å². The van der Waals surface area contributed by atoms with E-state index >= 15 is 0 Å². The number of carbonyl (C=O) groups excluding carboxylic acids is 1. The van der Waals surface area contributed by atoms with E-state index in [1.165, 1.54) is 0 Å². The average Bonchev–Trinajstić information content (AvgIpc) is 2.52. The molecule has 1 fully saturated rings. The quantitative estimate of drug-likeness (QED) is 0.896. The number of ether oxygens (including phenoxy) is 1. The van der Waals surface area contributed by atoms with Crippen LogP contribution in [0.15, 0.2) is 18.3 Å². The maximum atomic E-state index is 12.5. The molecule has 2 rings (SSSR count). The van der Waals surface area contributed by atoms with Crippen LogP contribution in [0.5, 0.6) is 0 Å². The Morgan fingerprint density at radius 3 is 3.00 bits per heavy atom. The van der Waals surface area contributed by atoms with Gasteiger partial charge in [-0.2, -0.15) is 0 Å². The fourth-order valence-electron chi connectivity index (χ4n) is 2.30. The maximum absolute atomic E-state index is 12.5. The normalized spacial score (nSPS) is 18.9. The zero-order valence-electron chi connectivity index (χ0n) is 12.3. The van der Waals surface area contributed by atoms with Crippen LogP contribution >= 0.6 is 0 Å². The third-order valence-electron chi connectivity index (χ3n) is 3.53. The highest BCUT2D eigenvalue weighted by molar-refractivity contribution is 5.94. The molecule has 1 atom stereocenters. The van der Waals surface area contributed by atoms with E-state index in [9.17, 15) is 4.79 Å². The minimum atomic E-state index is 0.0506. The molecule has 1 aromatic rings. The number of anilines is 1. The van der Waals surface area contributed by atoms with Gasteiger partial charge in [-0.15, -0.1) is 0 Å². The number of nitrogens with one attached hydrogen (secondary N) is 1. The molecule has 1 unspecified atom stereocenters. The molecule has 110 valence electrons. The van der Waals surface area contributed by atoms with Crippen molar-refractivity contribution in [2.45, 2.75) is 32.7 Å². The van der Waals surface area contributed by atoms with Gasteiger partial charge in [0, 0.05) is 19.3 Å². The van der Waals surface area contributed by atoms with E-state index in [0.717, 1.165) is 25.2 Å². The predicted molar refractivity (Wildman–Crippen MR) is 79.0 cm³/mol. The lowest BCUT2D eigenvalue weighted by molar-refractivity contribution is -0.00281. The monoisotopic (exact) mass is 277 g/mol. The Morgan fingerprint density at radius 2 is 2.35 bits per heavy atom. The van der Waals surface area contributed by atoms with Crippen molar-refractivity contribution in [3.05, 3.63) is 23.9 Å². The highest BCUT2D eigenvalue weighted by Crippen LogP contribution is 2.15. The number of hydrogen-bond acceptors (Lipinski definition) is 4. The van der Waals surface area contributed by atoms with Crippen molar-refractivity contribution in [2.75, 3.05) is 31.6 Å². The highest BCUT2D eigenvalue weighted by Gasteiger charge is 2.26. The fraction of sp³-hybridized carbons (Fsp3) is 0.600. The summed E-state index contributed by atoms with van der Waals surface area (Å²) in [4.78, 5) is 18.7. The number of nitrogens with zero attached hydrogens (tertiary/aromatic N) is 2. The summed E-state index contributed by atoms with van der Waals surface area (Å²) >= 11 is 0. The Morgan fingerprint density at radius 1 is 1.50 bits per heavy atom. The molecule has 2 heterocycles. The van der Waals surface area contributed by atoms with Crippen LogP contribution < -0.4 is 5.32 Å². The van der Waals surface area contributed by atoms with Crippen LogP contribution in [0.3, 0.4) is 0 Å². The molecule has 5 nitrogen and oxygen atoms in total. The SMILES string of the molecule is CCCNc1ccc(C(=O)N2CCOCC2CC)cn1. The smallest absolute Gasteiger partial charge is 0.255 e. The van der Waals surface area contributed by atoms with Gasteiger partial charge in [0.2, 0.25) is 0 Å². The molecule has 0 aromatic carbocycles. The lowest BCUT2D eigenvalue weighted by Gasteiger charge is -2.35. The van der Waals surface area contributed by atoms with Gasteiger partial charge in [0.15, 0.2) is 0 Å².